The number of hydrogen-bond acceptors (Lipinski definition) is 4. The molecular weight excluding hydrogens is 328 g/mol. The second-order valence-electron chi connectivity index (χ2n) is 4.37. The predicted octanol–water partition coefficient (Wildman–Crippen LogP) is 2.73. The lowest BCUT2D eigenvalue weighted by atomic mass is 10.2. The van der Waals surface area contributed by atoms with E-state index >= 15 is 0 Å². The molecule has 0 spiro atoms. The molecule has 0 atom stereocenters. The normalized spacial score (nSPS) is 12.5. The fraction of sp³-hybridized carbons (Fsp3) is 0.500. The first-order valence-electron chi connectivity index (χ1n) is 4.88. The van der Waals surface area contributed by atoms with Crippen molar-refractivity contribution in [1.29, 1.82) is 0 Å². The summed E-state index contributed by atoms with van der Waals surface area (Å²) in [5.41, 5.74) is 0. The van der Waals surface area contributed by atoms with Crippen LogP contribution in [-0.2, 0) is 9.84 Å². The molecule has 4 nitrogen and oxygen atoms in total. The second kappa shape index (κ2) is 5.12. The number of nitrogens with zero attached hydrogens (tertiary/aromatic N) is 1. The van der Waals surface area contributed by atoms with E-state index in [1.165, 1.54) is 6.26 Å². The summed E-state index contributed by atoms with van der Waals surface area (Å²) in [6.45, 7) is 3.56. The zero-order valence-corrected chi connectivity index (χ0v) is 12.9. The summed E-state index contributed by atoms with van der Waals surface area (Å²) in [5.74, 6) is 0.478. The lowest BCUT2D eigenvalue weighted by Crippen LogP contribution is -2.38. The summed E-state index contributed by atoms with van der Waals surface area (Å²) in [4.78, 5) is 4.08. The van der Waals surface area contributed by atoms with Gasteiger partial charge in [-0.05, 0) is 35.8 Å². The molecule has 17 heavy (non-hydrogen) atoms. The van der Waals surface area contributed by atoms with Crippen molar-refractivity contribution in [3.63, 3.8) is 0 Å². The molecule has 0 bridgehead atoms. The molecule has 0 saturated heterocycles. The molecule has 1 N–H and O–H groups in total. The smallest absolute Gasteiger partial charge is 0.154 e. The van der Waals surface area contributed by atoms with Crippen molar-refractivity contribution in [3.05, 3.63) is 21.8 Å². The van der Waals surface area contributed by atoms with E-state index < -0.39 is 14.6 Å². The molecule has 0 aliphatic heterocycles. The van der Waals surface area contributed by atoms with Gasteiger partial charge in [0.2, 0.25) is 0 Å². The van der Waals surface area contributed by atoms with E-state index in [1.54, 1.807) is 26.1 Å². The van der Waals surface area contributed by atoms with Crippen molar-refractivity contribution in [2.45, 2.75) is 18.6 Å². The van der Waals surface area contributed by atoms with E-state index in [-0.39, 0.29) is 6.54 Å². The van der Waals surface area contributed by atoms with Gasteiger partial charge in [-0.3, -0.25) is 0 Å². The van der Waals surface area contributed by atoms with Gasteiger partial charge in [0.05, 0.1) is 9.77 Å². The molecule has 0 aliphatic carbocycles. The lowest BCUT2D eigenvalue weighted by Gasteiger charge is -2.23. The number of hydrogen-bond donors (Lipinski definition) is 1. The van der Waals surface area contributed by atoms with E-state index in [2.05, 4.69) is 26.2 Å². The minimum atomic E-state index is -3.14. The van der Waals surface area contributed by atoms with Crippen LogP contribution in [0.4, 0.5) is 5.82 Å². The van der Waals surface area contributed by atoms with Crippen LogP contribution < -0.4 is 5.32 Å². The Labute approximate surface area is 115 Å². The third-order valence-corrected chi connectivity index (χ3v) is 5.37. The van der Waals surface area contributed by atoms with Crippen molar-refractivity contribution in [2.75, 3.05) is 18.1 Å². The van der Waals surface area contributed by atoms with Crippen LogP contribution in [0.2, 0.25) is 5.02 Å². The highest BCUT2D eigenvalue weighted by Gasteiger charge is 2.30. The van der Waals surface area contributed by atoms with Crippen LogP contribution in [0.15, 0.2) is 16.7 Å². The Morgan fingerprint density at radius 1 is 1.53 bits per heavy atom. The van der Waals surface area contributed by atoms with Crippen molar-refractivity contribution in [3.8, 4) is 0 Å². The van der Waals surface area contributed by atoms with E-state index in [0.717, 1.165) is 4.47 Å². The summed E-state index contributed by atoms with van der Waals surface area (Å²) in [6.07, 6.45) is 2.81. The highest BCUT2D eigenvalue weighted by Crippen LogP contribution is 2.24. The average Bonchev–Trinajstić information content (AvgIpc) is 2.14. The number of anilines is 1. The highest BCUT2D eigenvalue weighted by molar-refractivity contribution is 9.10. The van der Waals surface area contributed by atoms with E-state index in [9.17, 15) is 8.42 Å². The molecule has 1 rings (SSSR count). The Kier molecular flexibility index (Phi) is 4.43. The predicted molar refractivity (Wildman–Crippen MR) is 74.4 cm³/mol. The third kappa shape index (κ3) is 3.82. The number of aromatic nitrogens is 1. The van der Waals surface area contributed by atoms with Gasteiger partial charge < -0.3 is 5.32 Å². The van der Waals surface area contributed by atoms with Crippen LogP contribution in [0.25, 0.3) is 0 Å². The first-order valence-corrected chi connectivity index (χ1v) is 7.94. The van der Waals surface area contributed by atoms with Crippen LogP contribution in [0.3, 0.4) is 0 Å². The van der Waals surface area contributed by atoms with Gasteiger partial charge in [-0.2, -0.15) is 0 Å². The average molecular weight is 342 g/mol. The maximum absolute atomic E-state index is 11.5. The largest absolute Gasteiger partial charge is 0.367 e. The summed E-state index contributed by atoms with van der Waals surface area (Å²) < 4.78 is 22.9. The summed E-state index contributed by atoms with van der Waals surface area (Å²) in [6, 6.07) is 1.70. The molecule has 0 aromatic carbocycles. The van der Waals surface area contributed by atoms with E-state index in [0.29, 0.717) is 10.8 Å². The lowest BCUT2D eigenvalue weighted by molar-refractivity contribution is 0.559. The number of halogens is 2. The first-order chi connectivity index (χ1) is 7.63. The molecule has 0 saturated carbocycles. The molecule has 1 aromatic heterocycles. The maximum Gasteiger partial charge on any atom is 0.154 e. The Morgan fingerprint density at radius 3 is 2.59 bits per heavy atom. The molecule has 0 radical (unpaired) electrons. The van der Waals surface area contributed by atoms with Gasteiger partial charge in [0, 0.05) is 23.5 Å². The second-order valence-corrected chi connectivity index (χ2v) is 8.34. The Hall–Kier alpha value is -0.330. The summed E-state index contributed by atoms with van der Waals surface area (Å²) in [7, 11) is -3.14. The topological polar surface area (TPSA) is 59.1 Å². The standard InChI is InChI=1S/C10H14BrClN2O2S/c1-10(2,17(3,15)16)6-14-9-8(12)4-7(11)5-13-9/h4-5H,6H2,1-3H3,(H,13,14). The Balaban J connectivity index is 2.81. The van der Waals surface area contributed by atoms with Crippen molar-refractivity contribution in [2.24, 2.45) is 0 Å². The SMILES string of the molecule is CC(C)(CNc1ncc(Br)cc1Cl)S(C)(=O)=O. The molecule has 1 heterocycles. The fourth-order valence-corrected chi connectivity index (χ4v) is 2.00. The van der Waals surface area contributed by atoms with Crippen molar-refractivity contribution < 1.29 is 8.42 Å². The van der Waals surface area contributed by atoms with Crippen LogP contribution in [0.5, 0.6) is 0 Å². The number of sulfone groups is 1. The van der Waals surface area contributed by atoms with E-state index in [4.69, 9.17) is 11.6 Å². The molecule has 1 aromatic rings. The van der Waals surface area contributed by atoms with Gasteiger partial charge in [0.1, 0.15) is 5.82 Å². The van der Waals surface area contributed by atoms with Gasteiger partial charge in [-0.25, -0.2) is 13.4 Å². The minimum absolute atomic E-state index is 0.250. The van der Waals surface area contributed by atoms with Crippen molar-refractivity contribution in [1.82, 2.24) is 4.98 Å². The Morgan fingerprint density at radius 2 is 2.12 bits per heavy atom. The van der Waals surface area contributed by atoms with Crippen molar-refractivity contribution >= 4 is 43.2 Å². The van der Waals surface area contributed by atoms with Crippen LogP contribution in [0.1, 0.15) is 13.8 Å². The maximum atomic E-state index is 11.5. The monoisotopic (exact) mass is 340 g/mol. The zero-order chi connectivity index (χ0) is 13.3. The molecule has 0 fully saturated rings. The number of nitrogens with one attached hydrogen (secondary N) is 1. The fourth-order valence-electron chi connectivity index (χ4n) is 0.972. The van der Waals surface area contributed by atoms with Gasteiger partial charge >= 0.3 is 0 Å². The summed E-state index contributed by atoms with van der Waals surface area (Å²) >= 11 is 9.22. The highest BCUT2D eigenvalue weighted by atomic mass is 79.9. The molecule has 0 aliphatic rings. The van der Waals surface area contributed by atoms with Gasteiger partial charge in [0.15, 0.2) is 9.84 Å². The Bertz CT molecular complexity index is 517. The first kappa shape index (κ1) is 14.7. The van der Waals surface area contributed by atoms with Gasteiger partial charge in [0.25, 0.3) is 0 Å². The van der Waals surface area contributed by atoms with E-state index in [1.807, 2.05) is 0 Å². The molecule has 7 heteroatoms. The molecule has 0 unspecified atom stereocenters. The minimum Gasteiger partial charge on any atom is -0.367 e. The third-order valence-electron chi connectivity index (χ3n) is 2.49. The zero-order valence-electron chi connectivity index (χ0n) is 9.79. The van der Waals surface area contributed by atoms with Crippen LogP contribution in [-0.4, -0.2) is 30.9 Å². The quantitative estimate of drug-likeness (QED) is 0.915. The van der Waals surface area contributed by atoms with Crippen LogP contribution >= 0.6 is 27.5 Å². The summed E-state index contributed by atoms with van der Waals surface area (Å²) in [5, 5.41) is 3.39. The van der Waals surface area contributed by atoms with Gasteiger partial charge in [-0.15, -0.1) is 0 Å². The molecule has 0 amide bonds. The number of pyridine rings is 1. The van der Waals surface area contributed by atoms with Crippen LogP contribution in [0, 0.1) is 0 Å². The molecular formula is C10H14BrClN2O2S. The van der Waals surface area contributed by atoms with Gasteiger partial charge in [-0.1, -0.05) is 11.6 Å². The molecule has 96 valence electrons. The number of rotatable bonds is 4.